The highest BCUT2D eigenvalue weighted by Crippen LogP contribution is 2.40. The quantitative estimate of drug-likeness (QED) is 0.648. The second kappa shape index (κ2) is 9.37. The molecule has 2 saturated heterocycles. The predicted octanol–water partition coefficient (Wildman–Crippen LogP) is 3.16. The van der Waals surface area contributed by atoms with Crippen molar-refractivity contribution in [3.63, 3.8) is 0 Å². The van der Waals surface area contributed by atoms with E-state index in [1.807, 2.05) is 49.4 Å². The van der Waals surface area contributed by atoms with E-state index >= 15 is 0 Å². The molecule has 2 atom stereocenters. The summed E-state index contributed by atoms with van der Waals surface area (Å²) in [5.74, 6) is 0.104. The van der Waals surface area contributed by atoms with Crippen molar-refractivity contribution >= 4 is 33.2 Å². The number of hydrogen-bond donors (Lipinski definition) is 0. The maximum atomic E-state index is 13.3. The zero-order chi connectivity index (χ0) is 24.7. The van der Waals surface area contributed by atoms with Gasteiger partial charge in [0.05, 0.1) is 23.2 Å². The highest BCUT2D eigenvalue weighted by atomic mass is 32.2. The molecule has 2 fully saturated rings. The van der Waals surface area contributed by atoms with E-state index in [9.17, 15) is 18.0 Å². The van der Waals surface area contributed by atoms with Gasteiger partial charge in [-0.15, -0.1) is 0 Å². The van der Waals surface area contributed by atoms with Crippen LogP contribution in [0, 0.1) is 0 Å². The Morgan fingerprint density at radius 2 is 1.77 bits per heavy atom. The van der Waals surface area contributed by atoms with E-state index in [4.69, 9.17) is 4.74 Å². The minimum absolute atomic E-state index is 0.0573. The van der Waals surface area contributed by atoms with Gasteiger partial charge in [0.25, 0.3) is 5.91 Å². The highest BCUT2D eigenvalue weighted by Gasteiger charge is 2.37. The van der Waals surface area contributed by atoms with Gasteiger partial charge in [0.2, 0.25) is 15.9 Å². The van der Waals surface area contributed by atoms with Gasteiger partial charge < -0.3 is 14.5 Å². The van der Waals surface area contributed by atoms with Crippen LogP contribution in [0.5, 0.6) is 0 Å². The smallest absolute Gasteiger partial charge is 0.256 e. The third-order valence-electron chi connectivity index (χ3n) is 7.07. The van der Waals surface area contributed by atoms with E-state index in [0.29, 0.717) is 44.8 Å². The number of ether oxygens (including phenoxy) is 1. The van der Waals surface area contributed by atoms with Crippen LogP contribution in [0.2, 0.25) is 0 Å². The van der Waals surface area contributed by atoms with E-state index in [2.05, 4.69) is 0 Å². The molecule has 8 nitrogen and oxygen atoms in total. The molecule has 0 aliphatic carbocycles. The Morgan fingerprint density at radius 1 is 1.03 bits per heavy atom. The van der Waals surface area contributed by atoms with Crippen molar-refractivity contribution in [2.45, 2.75) is 51.8 Å². The van der Waals surface area contributed by atoms with Crippen molar-refractivity contribution in [3.8, 4) is 11.1 Å². The van der Waals surface area contributed by atoms with Gasteiger partial charge >= 0.3 is 0 Å². The number of hydrogen-bond acceptors (Lipinski definition) is 5. The molecule has 9 heteroatoms. The number of rotatable bonds is 4. The lowest BCUT2D eigenvalue weighted by molar-refractivity contribution is -0.127. The third kappa shape index (κ3) is 4.60. The highest BCUT2D eigenvalue weighted by molar-refractivity contribution is 7.89. The summed E-state index contributed by atoms with van der Waals surface area (Å²) in [6, 6.07) is 13.5. The van der Waals surface area contributed by atoms with Gasteiger partial charge in [-0.3, -0.25) is 9.59 Å². The number of sulfonamides is 1. The Hall–Kier alpha value is -2.75. The van der Waals surface area contributed by atoms with E-state index in [-0.39, 0.29) is 23.6 Å². The van der Waals surface area contributed by atoms with Crippen LogP contribution in [0.25, 0.3) is 11.1 Å². The second-order valence-corrected chi connectivity index (χ2v) is 11.7. The van der Waals surface area contributed by atoms with Crippen molar-refractivity contribution < 1.29 is 22.7 Å². The van der Waals surface area contributed by atoms with Gasteiger partial charge in [-0.05, 0) is 55.0 Å². The van der Waals surface area contributed by atoms with Crippen LogP contribution in [-0.4, -0.2) is 62.1 Å². The molecule has 0 saturated carbocycles. The van der Waals surface area contributed by atoms with Crippen LogP contribution in [0.1, 0.15) is 38.7 Å². The van der Waals surface area contributed by atoms with Gasteiger partial charge in [-0.1, -0.05) is 30.3 Å². The van der Waals surface area contributed by atoms with E-state index < -0.39 is 16.1 Å². The molecule has 3 heterocycles. The lowest BCUT2D eigenvalue weighted by atomic mass is 9.99. The number of fused-ring (bicyclic) bond motifs is 1. The fraction of sp³-hybridized carbons (Fsp3) is 0.462. The summed E-state index contributed by atoms with van der Waals surface area (Å²) in [4.78, 5) is 29.3. The number of anilines is 2. The molecule has 0 N–H and O–H groups in total. The van der Waals surface area contributed by atoms with Gasteiger partial charge in [0.15, 0.2) is 0 Å². The maximum Gasteiger partial charge on any atom is 0.256 e. The Kier molecular flexibility index (Phi) is 6.41. The molecule has 0 radical (unpaired) electrons. The molecule has 2 aromatic carbocycles. The number of carbonyl (C=O) groups is 2. The van der Waals surface area contributed by atoms with Crippen molar-refractivity contribution in [1.29, 1.82) is 0 Å². The normalized spacial score (nSPS) is 23.9. The summed E-state index contributed by atoms with van der Waals surface area (Å²) in [5.41, 5.74) is 4.25. The van der Waals surface area contributed by atoms with Crippen molar-refractivity contribution in [3.05, 3.63) is 48.0 Å². The largest absolute Gasteiger partial charge is 0.368 e. The van der Waals surface area contributed by atoms with Crippen molar-refractivity contribution in [2.75, 3.05) is 35.2 Å². The summed E-state index contributed by atoms with van der Waals surface area (Å²) in [6.45, 7) is 5.45. The minimum atomic E-state index is -3.14. The van der Waals surface area contributed by atoms with Gasteiger partial charge in [-0.25, -0.2) is 8.42 Å². The molecule has 0 bridgehead atoms. The lowest BCUT2D eigenvalue weighted by Crippen LogP contribution is -2.53. The zero-order valence-electron chi connectivity index (χ0n) is 20.1. The molecule has 2 amide bonds. The van der Waals surface area contributed by atoms with Crippen LogP contribution in [-0.2, 0) is 30.9 Å². The number of carbonyl (C=O) groups excluding carboxylic acids is 2. The third-order valence-corrected chi connectivity index (χ3v) is 8.98. The first-order chi connectivity index (χ1) is 16.7. The first-order valence-corrected chi connectivity index (χ1v) is 13.8. The van der Waals surface area contributed by atoms with Crippen LogP contribution in [0.15, 0.2) is 42.5 Å². The first-order valence-electron chi connectivity index (χ1n) is 12.2. The van der Waals surface area contributed by atoms with Crippen LogP contribution >= 0.6 is 0 Å². The van der Waals surface area contributed by atoms with Gasteiger partial charge in [0, 0.05) is 33.2 Å². The fourth-order valence-electron chi connectivity index (χ4n) is 5.31. The summed E-state index contributed by atoms with van der Waals surface area (Å²) >= 11 is 0. The molecule has 186 valence electrons. The molecule has 3 aliphatic heterocycles. The summed E-state index contributed by atoms with van der Waals surface area (Å²) in [7, 11) is -3.14. The second-order valence-electron chi connectivity index (χ2n) is 9.59. The summed E-state index contributed by atoms with van der Waals surface area (Å²) in [5, 5.41) is 0. The van der Waals surface area contributed by atoms with E-state index in [0.717, 1.165) is 28.8 Å². The molecule has 3 aliphatic rings. The van der Waals surface area contributed by atoms with Crippen LogP contribution in [0.4, 0.5) is 11.4 Å². The standard InChI is InChI=1S/C26H31N3O5S/c1-18-16-28(26(31)25-5-3-13-34-25)24-15-22(10-11-23(24)29(18)19(2)30)21-8-6-20(7-9-21)17-27-12-4-14-35(27,32)33/h6-11,15,18,25H,3-5,12-14,16-17H2,1-2H3/t18-,25?/m0/s1. The molecule has 1 unspecified atom stereocenters. The number of amides is 2. The molecular formula is C26H31N3O5S. The van der Waals surface area contributed by atoms with E-state index in [1.165, 1.54) is 4.31 Å². The van der Waals surface area contributed by atoms with Crippen LogP contribution < -0.4 is 9.80 Å². The Balaban J connectivity index is 1.45. The zero-order valence-corrected chi connectivity index (χ0v) is 21.0. The van der Waals surface area contributed by atoms with Crippen molar-refractivity contribution in [2.24, 2.45) is 0 Å². The Morgan fingerprint density at radius 3 is 2.40 bits per heavy atom. The van der Waals surface area contributed by atoms with E-state index in [1.54, 1.807) is 16.7 Å². The van der Waals surface area contributed by atoms with Gasteiger partial charge in [0.1, 0.15) is 6.10 Å². The fourth-order valence-corrected chi connectivity index (χ4v) is 6.82. The SMILES string of the molecule is CC(=O)N1c2ccc(-c3ccc(CN4CCCS4(=O)=O)cc3)cc2N(C(=O)C2CCCO2)C[C@@H]1C. The van der Waals surface area contributed by atoms with Crippen molar-refractivity contribution in [1.82, 2.24) is 4.31 Å². The predicted molar refractivity (Wildman–Crippen MR) is 135 cm³/mol. The topological polar surface area (TPSA) is 87.2 Å². The molecule has 0 spiro atoms. The molecule has 35 heavy (non-hydrogen) atoms. The maximum absolute atomic E-state index is 13.3. The Labute approximate surface area is 206 Å². The Bertz CT molecular complexity index is 1240. The average molecular weight is 498 g/mol. The van der Waals surface area contributed by atoms with Crippen LogP contribution in [0.3, 0.4) is 0 Å². The minimum Gasteiger partial charge on any atom is -0.368 e. The number of nitrogens with zero attached hydrogens (tertiary/aromatic N) is 3. The molecule has 0 aromatic heterocycles. The summed E-state index contributed by atoms with van der Waals surface area (Å²) < 4.78 is 31.5. The monoisotopic (exact) mass is 497 g/mol. The lowest BCUT2D eigenvalue weighted by Gasteiger charge is -2.41. The van der Waals surface area contributed by atoms with Gasteiger partial charge in [-0.2, -0.15) is 4.31 Å². The summed E-state index contributed by atoms with van der Waals surface area (Å²) in [6.07, 6.45) is 1.82. The first kappa shape index (κ1) is 24.0. The average Bonchev–Trinajstić information content (AvgIpc) is 3.48. The number of benzene rings is 2. The molecular weight excluding hydrogens is 466 g/mol. The molecule has 2 aromatic rings. The molecule has 5 rings (SSSR count).